The zero-order valence-electron chi connectivity index (χ0n) is 34.6. The molecule has 5 heteroatoms. The minimum Gasteiger partial charge on any atom is -0.310 e. The van der Waals surface area contributed by atoms with Gasteiger partial charge < -0.3 is 9.47 Å². The Hall–Kier alpha value is -8.25. The minimum absolute atomic E-state index is 0.900. The summed E-state index contributed by atoms with van der Waals surface area (Å²) in [5, 5.41) is 7.42. The molecule has 0 unspecified atom stereocenters. The molecule has 0 saturated heterocycles. The molecule has 4 nitrogen and oxygen atoms in total. The van der Waals surface area contributed by atoms with Gasteiger partial charge in [0, 0.05) is 70.7 Å². The zero-order chi connectivity index (χ0) is 42.1. The predicted octanol–water partition coefficient (Wildman–Crippen LogP) is 16.4. The van der Waals surface area contributed by atoms with Gasteiger partial charge in [0.05, 0.1) is 22.1 Å². The van der Waals surface area contributed by atoms with E-state index >= 15 is 0 Å². The second-order valence-corrected chi connectivity index (χ2v) is 17.5. The van der Waals surface area contributed by atoms with Crippen molar-refractivity contribution in [2.75, 3.05) is 4.90 Å². The van der Waals surface area contributed by atoms with E-state index in [0.29, 0.717) is 0 Å². The fourth-order valence-electron chi connectivity index (χ4n) is 9.79. The van der Waals surface area contributed by atoms with E-state index in [9.17, 15) is 0 Å². The standard InChI is InChI=1S/C59H38N4S/c1-3-13-39(14-4-1)40-22-27-44(28-23-40)61(46-31-32-49-48-18-8-10-20-57(48)64-58(49)36-46)45-29-24-41(25-30-45)42-26-33-54-50(35-42)52-38-55-51(37-56(52)63(54)59-21-11-12-34-60-59)47-17-7-9-19-53(47)62(55)43-15-5-2-6-16-43/h1-38H. The largest absolute Gasteiger partial charge is 0.310 e. The van der Waals surface area contributed by atoms with Gasteiger partial charge >= 0.3 is 0 Å². The van der Waals surface area contributed by atoms with Gasteiger partial charge in [-0.1, -0.05) is 127 Å². The van der Waals surface area contributed by atoms with E-state index < -0.39 is 0 Å². The number of para-hydroxylation sites is 2. The molecule has 0 saturated carbocycles. The molecule has 0 aliphatic carbocycles. The van der Waals surface area contributed by atoms with Gasteiger partial charge in [0.15, 0.2) is 0 Å². The number of fused-ring (bicyclic) bond motifs is 9. The second kappa shape index (κ2) is 14.7. The summed E-state index contributed by atoms with van der Waals surface area (Å²) in [6, 6.07) is 81.4. The van der Waals surface area contributed by atoms with Crippen LogP contribution in [0.3, 0.4) is 0 Å². The highest BCUT2D eigenvalue weighted by molar-refractivity contribution is 7.25. The minimum atomic E-state index is 0.900. The molecule has 0 spiro atoms. The predicted molar refractivity (Wildman–Crippen MR) is 271 cm³/mol. The van der Waals surface area contributed by atoms with Crippen molar-refractivity contribution in [1.29, 1.82) is 0 Å². The summed E-state index contributed by atoms with van der Waals surface area (Å²) >= 11 is 1.85. The number of hydrogen-bond acceptors (Lipinski definition) is 3. The lowest BCUT2D eigenvalue weighted by Crippen LogP contribution is -2.09. The van der Waals surface area contributed by atoms with Crippen LogP contribution >= 0.6 is 11.3 Å². The summed E-state index contributed by atoms with van der Waals surface area (Å²) in [6.07, 6.45) is 1.88. The lowest BCUT2D eigenvalue weighted by molar-refractivity contribution is 1.08. The fourth-order valence-corrected chi connectivity index (χ4v) is 10.9. The van der Waals surface area contributed by atoms with Crippen LogP contribution in [0.15, 0.2) is 231 Å². The number of pyridine rings is 1. The van der Waals surface area contributed by atoms with Crippen molar-refractivity contribution in [3.63, 3.8) is 0 Å². The summed E-state index contributed by atoms with van der Waals surface area (Å²) < 4.78 is 7.30. The highest BCUT2D eigenvalue weighted by atomic mass is 32.1. The molecule has 4 heterocycles. The molecule has 0 aliphatic heterocycles. The van der Waals surface area contributed by atoms with E-state index in [-0.39, 0.29) is 0 Å². The Labute approximate surface area is 373 Å². The Bertz CT molecular complexity index is 3870. The highest BCUT2D eigenvalue weighted by Gasteiger charge is 2.20. The maximum absolute atomic E-state index is 4.87. The Morgan fingerprint density at radius 2 is 0.875 bits per heavy atom. The van der Waals surface area contributed by atoms with Crippen LogP contribution < -0.4 is 4.90 Å². The van der Waals surface area contributed by atoms with Crippen molar-refractivity contribution < 1.29 is 0 Å². The summed E-state index contributed by atoms with van der Waals surface area (Å²) in [5.41, 5.74) is 13.8. The Balaban J connectivity index is 0.959. The number of benzene rings is 9. The van der Waals surface area contributed by atoms with Crippen LogP contribution in [0.2, 0.25) is 0 Å². The van der Waals surface area contributed by atoms with Crippen LogP contribution in [0, 0.1) is 0 Å². The van der Waals surface area contributed by atoms with Gasteiger partial charge in [0.2, 0.25) is 0 Å². The first kappa shape index (κ1) is 36.4. The molecule has 0 fully saturated rings. The van der Waals surface area contributed by atoms with Gasteiger partial charge in [0.25, 0.3) is 0 Å². The highest BCUT2D eigenvalue weighted by Crippen LogP contribution is 2.43. The molecule has 4 aromatic heterocycles. The molecule has 9 aromatic carbocycles. The normalized spacial score (nSPS) is 11.8. The summed E-state index contributed by atoms with van der Waals surface area (Å²) in [7, 11) is 0. The molecule has 0 atom stereocenters. The molecule has 0 bridgehead atoms. The molecule has 0 radical (unpaired) electrons. The van der Waals surface area contributed by atoms with Gasteiger partial charge in [-0.3, -0.25) is 4.57 Å². The van der Waals surface area contributed by atoms with Gasteiger partial charge in [0.1, 0.15) is 5.82 Å². The molecule has 300 valence electrons. The van der Waals surface area contributed by atoms with Crippen LogP contribution in [-0.4, -0.2) is 14.1 Å². The first-order valence-corrected chi connectivity index (χ1v) is 22.5. The molecule has 0 amide bonds. The average Bonchev–Trinajstić information content (AvgIpc) is 4.01. The van der Waals surface area contributed by atoms with Crippen LogP contribution in [0.4, 0.5) is 17.1 Å². The lowest BCUT2D eigenvalue weighted by atomic mass is 10.0. The number of nitrogens with zero attached hydrogens (tertiary/aromatic N) is 4. The number of aromatic nitrogens is 3. The quantitative estimate of drug-likeness (QED) is 0.160. The lowest BCUT2D eigenvalue weighted by Gasteiger charge is -2.26. The fraction of sp³-hybridized carbons (Fsp3) is 0. The monoisotopic (exact) mass is 834 g/mol. The van der Waals surface area contributed by atoms with Gasteiger partial charge in [-0.2, -0.15) is 0 Å². The van der Waals surface area contributed by atoms with Crippen LogP contribution in [0.25, 0.3) is 97.5 Å². The van der Waals surface area contributed by atoms with Crippen LogP contribution in [-0.2, 0) is 0 Å². The molecular formula is C59H38N4S. The molecule has 0 aliphatic rings. The topological polar surface area (TPSA) is 26.0 Å². The second-order valence-electron chi connectivity index (χ2n) is 16.4. The molecule has 13 aromatic rings. The van der Waals surface area contributed by atoms with Gasteiger partial charge in [-0.05, 0) is 119 Å². The Kier molecular flexibility index (Phi) is 8.36. The first-order chi connectivity index (χ1) is 31.7. The van der Waals surface area contributed by atoms with Gasteiger partial charge in [-0.25, -0.2) is 4.98 Å². The average molecular weight is 835 g/mol. The van der Waals surface area contributed by atoms with Crippen molar-refractivity contribution in [1.82, 2.24) is 14.1 Å². The van der Waals surface area contributed by atoms with Crippen LogP contribution in [0.5, 0.6) is 0 Å². The van der Waals surface area contributed by atoms with Crippen LogP contribution in [0.1, 0.15) is 0 Å². The van der Waals surface area contributed by atoms with E-state index in [4.69, 9.17) is 4.98 Å². The van der Waals surface area contributed by atoms with E-state index in [2.05, 4.69) is 232 Å². The molecule has 0 N–H and O–H groups in total. The van der Waals surface area contributed by atoms with Crippen molar-refractivity contribution >= 4 is 92.2 Å². The van der Waals surface area contributed by atoms with E-state index in [0.717, 1.165) is 50.7 Å². The Morgan fingerprint density at radius 1 is 0.328 bits per heavy atom. The van der Waals surface area contributed by atoms with Crippen molar-refractivity contribution in [2.24, 2.45) is 0 Å². The van der Waals surface area contributed by atoms with E-state index in [1.165, 1.54) is 63.9 Å². The maximum atomic E-state index is 4.87. The van der Waals surface area contributed by atoms with Crippen molar-refractivity contribution in [2.45, 2.75) is 0 Å². The van der Waals surface area contributed by atoms with E-state index in [1.54, 1.807) is 0 Å². The third-order valence-electron chi connectivity index (χ3n) is 12.8. The molecule has 13 rings (SSSR count). The molecular weight excluding hydrogens is 797 g/mol. The Morgan fingerprint density at radius 3 is 1.62 bits per heavy atom. The van der Waals surface area contributed by atoms with Gasteiger partial charge in [-0.15, -0.1) is 11.3 Å². The smallest absolute Gasteiger partial charge is 0.137 e. The molecule has 64 heavy (non-hydrogen) atoms. The zero-order valence-corrected chi connectivity index (χ0v) is 35.5. The van der Waals surface area contributed by atoms with Crippen molar-refractivity contribution in [3.05, 3.63) is 231 Å². The summed E-state index contributed by atoms with van der Waals surface area (Å²) in [5.74, 6) is 0.900. The SMILES string of the molecule is c1ccc(-c2ccc(N(c3ccc(-c4ccc5c(c4)c4cc6c(cc4n5-c4ccccn4)c4ccccc4n6-c4ccccc4)cc3)c3ccc4c(c3)sc3ccccc34)cc2)cc1. The van der Waals surface area contributed by atoms with E-state index in [1.807, 2.05) is 23.6 Å². The summed E-state index contributed by atoms with van der Waals surface area (Å²) in [6.45, 7) is 0. The third-order valence-corrected chi connectivity index (χ3v) is 13.9. The number of rotatable bonds is 7. The summed E-state index contributed by atoms with van der Waals surface area (Å²) in [4.78, 5) is 7.25. The first-order valence-electron chi connectivity index (χ1n) is 21.7. The number of anilines is 3. The maximum Gasteiger partial charge on any atom is 0.137 e. The third kappa shape index (κ3) is 5.86. The number of thiophene rings is 1. The number of hydrogen-bond donors (Lipinski definition) is 0. The van der Waals surface area contributed by atoms with Crippen molar-refractivity contribution in [3.8, 4) is 33.8 Å².